The van der Waals surface area contributed by atoms with Crippen LogP contribution in [0.4, 0.5) is 18.9 Å². The molecule has 196 valence electrons. The molecule has 2 heterocycles. The third-order valence-electron chi connectivity index (χ3n) is 5.17. The second-order valence-electron chi connectivity index (χ2n) is 7.77. The number of nitrogens with one attached hydrogen (secondary N) is 1. The minimum atomic E-state index is -4.53. The number of hydrogen-bond donors (Lipinski definition) is 2. The molecule has 0 saturated carbocycles. The number of carboxylic acids is 1. The molecule has 4 rings (SSSR count). The van der Waals surface area contributed by atoms with Gasteiger partial charge >= 0.3 is 12.1 Å². The lowest BCUT2D eigenvalue weighted by Gasteiger charge is -2.14. The fraction of sp³-hybridized carbons (Fsp3) is 0.125. The summed E-state index contributed by atoms with van der Waals surface area (Å²) < 4.78 is 39.6. The maximum Gasteiger partial charge on any atom is 0.416 e. The summed E-state index contributed by atoms with van der Waals surface area (Å²) in [7, 11) is 0. The average Bonchev–Trinajstić information content (AvgIpc) is 3.41. The van der Waals surface area contributed by atoms with Gasteiger partial charge in [-0.05, 0) is 48.5 Å². The summed E-state index contributed by atoms with van der Waals surface area (Å²) in [6, 6.07) is 8.61. The van der Waals surface area contributed by atoms with Gasteiger partial charge in [-0.2, -0.15) is 13.2 Å². The lowest BCUT2D eigenvalue weighted by atomic mass is 10.1. The number of carboxylic acid groups (broad SMARTS) is 1. The van der Waals surface area contributed by atoms with Gasteiger partial charge in [0.15, 0.2) is 0 Å². The Labute approximate surface area is 232 Å². The van der Waals surface area contributed by atoms with Crippen LogP contribution in [-0.4, -0.2) is 43.6 Å². The number of alkyl halides is 3. The largest absolute Gasteiger partial charge is 0.478 e. The molecule has 1 fully saturated rings. The molecule has 1 aliphatic heterocycles. The summed E-state index contributed by atoms with van der Waals surface area (Å²) in [6.07, 6.45) is -1.63. The van der Waals surface area contributed by atoms with Crippen LogP contribution in [0.3, 0.4) is 0 Å². The van der Waals surface area contributed by atoms with Crippen molar-refractivity contribution in [3.05, 3.63) is 74.6 Å². The van der Waals surface area contributed by atoms with Gasteiger partial charge in [0.25, 0.3) is 5.91 Å². The first-order valence-electron chi connectivity index (χ1n) is 10.6. The second kappa shape index (κ2) is 11.2. The highest BCUT2D eigenvalue weighted by Gasteiger charge is 2.33. The fourth-order valence-electron chi connectivity index (χ4n) is 3.30. The quantitative estimate of drug-likeness (QED) is 0.240. The van der Waals surface area contributed by atoms with Crippen LogP contribution in [0, 0.1) is 0 Å². The number of nitrogens with zero attached hydrogens (tertiary/aromatic N) is 2. The zero-order valence-electron chi connectivity index (χ0n) is 18.9. The number of hydrogen-bond acceptors (Lipinski definition) is 7. The van der Waals surface area contributed by atoms with Crippen LogP contribution in [0.25, 0.3) is 16.6 Å². The molecule has 0 atom stereocenters. The zero-order chi connectivity index (χ0) is 27.6. The smallest absolute Gasteiger partial charge is 0.416 e. The highest BCUT2D eigenvalue weighted by atomic mass is 35.5. The molecular formula is C24H15ClF3N3O4S3. The Kier molecular flexibility index (Phi) is 8.21. The van der Waals surface area contributed by atoms with E-state index in [4.69, 9.17) is 28.9 Å². The summed E-state index contributed by atoms with van der Waals surface area (Å²) in [5.74, 6) is -1.89. The van der Waals surface area contributed by atoms with Gasteiger partial charge in [0, 0.05) is 35.3 Å². The fourth-order valence-corrected chi connectivity index (χ4v) is 5.83. The standard InChI is InChI=1S/C24H15ClF3N3O4S3/c25-17-6-3-13(24(26,27)28)9-16(17)20-29-11-15(37-20)10-18-21(33)31(23(36)38-18)8-7-19(32)30-14-4-1-12(2-5-14)22(34)35/h1-6,9-11H,7-8H2,(H,30,32)(H,34,35)/b18-10-. The molecule has 2 amide bonds. The Bertz CT molecular complexity index is 1470. The monoisotopic (exact) mass is 597 g/mol. The van der Waals surface area contributed by atoms with Gasteiger partial charge in [0.2, 0.25) is 5.91 Å². The van der Waals surface area contributed by atoms with Crippen molar-refractivity contribution in [2.75, 3.05) is 11.9 Å². The van der Waals surface area contributed by atoms with E-state index in [9.17, 15) is 27.6 Å². The average molecular weight is 598 g/mol. The van der Waals surface area contributed by atoms with Crippen LogP contribution in [0.1, 0.15) is 27.2 Å². The number of benzene rings is 2. The summed E-state index contributed by atoms with van der Waals surface area (Å²) in [5.41, 5.74) is -0.233. The Morgan fingerprint density at radius 1 is 1.18 bits per heavy atom. The first kappa shape index (κ1) is 27.8. The summed E-state index contributed by atoms with van der Waals surface area (Å²) in [6.45, 7) is 0.0227. The number of thiocarbonyl (C=S) groups is 1. The third-order valence-corrected chi connectivity index (χ3v) is 7.86. The first-order chi connectivity index (χ1) is 17.9. The summed E-state index contributed by atoms with van der Waals surface area (Å²) in [5, 5.41) is 11.9. The molecule has 2 N–H and O–H groups in total. The maximum absolute atomic E-state index is 13.1. The van der Waals surface area contributed by atoms with E-state index >= 15 is 0 Å². The molecule has 2 aromatic carbocycles. The van der Waals surface area contributed by atoms with Gasteiger partial charge in [-0.1, -0.05) is 35.6 Å². The highest BCUT2D eigenvalue weighted by molar-refractivity contribution is 8.26. The van der Waals surface area contributed by atoms with Gasteiger partial charge in [-0.3, -0.25) is 14.5 Å². The number of halogens is 4. The van der Waals surface area contributed by atoms with E-state index in [-0.39, 0.29) is 43.3 Å². The molecular weight excluding hydrogens is 583 g/mol. The van der Waals surface area contributed by atoms with Crippen LogP contribution in [-0.2, 0) is 15.8 Å². The maximum atomic E-state index is 13.1. The predicted octanol–water partition coefficient (Wildman–Crippen LogP) is 6.41. The Hall–Kier alpha value is -3.26. The van der Waals surface area contributed by atoms with Crippen molar-refractivity contribution in [3.8, 4) is 10.6 Å². The number of aromatic carboxylic acids is 1. The predicted molar refractivity (Wildman–Crippen MR) is 144 cm³/mol. The van der Waals surface area contributed by atoms with Gasteiger partial charge < -0.3 is 10.4 Å². The van der Waals surface area contributed by atoms with E-state index < -0.39 is 29.5 Å². The van der Waals surface area contributed by atoms with Crippen molar-refractivity contribution in [1.82, 2.24) is 9.88 Å². The van der Waals surface area contributed by atoms with Crippen LogP contribution in [0.15, 0.2) is 53.6 Å². The van der Waals surface area contributed by atoms with Crippen LogP contribution >= 0.6 is 46.9 Å². The van der Waals surface area contributed by atoms with E-state index in [1.807, 2.05) is 0 Å². The lowest BCUT2D eigenvalue weighted by Crippen LogP contribution is -2.31. The summed E-state index contributed by atoms with van der Waals surface area (Å²) >= 11 is 13.5. The summed E-state index contributed by atoms with van der Waals surface area (Å²) in [4.78, 5) is 42.3. The molecule has 0 bridgehead atoms. The minimum Gasteiger partial charge on any atom is -0.478 e. The molecule has 0 unspecified atom stereocenters. The van der Waals surface area contributed by atoms with Gasteiger partial charge in [-0.25, -0.2) is 9.78 Å². The van der Waals surface area contributed by atoms with Crippen molar-refractivity contribution in [3.63, 3.8) is 0 Å². The Morgan fingerprint density at radius 3 is 2.55 bits per heavy atom. The third kappa shape index (κ3) is 6.41. The van der Waals surface area contributed by atoms with Crippen molar-refractivity contribution >= 4 is 80.8 Å². The molecule has 1 aromatic heterocycles. The van der Waals surface area contributed by atoms with Gasteiger partial charge in [0.05, 0.1) is 21.1 Å². The first-order valence-corrected chi connectivity index (χ1v) is 13.1. The van der Waals surface area contributed by atoms with Gasteiger partial charge in [-0.15, -0.1) is 11.3 Å². The number of rotatable bonds is 7. The molecule has 0 aliphatic carbocycles. The zero-order valence-corrected chi connectivity index (χ0v) is 22.1. The van der Waals surface area contributed by atoms with Crippen molar-refractivity contribution < 1.29 is 32.7 Å². The molecule has 14 heteroatoms. The SMILES string of the molecule is O=C(CCN1C(=O)/C(=C/c2cnc(-c3cc(C(F)(F)F)ccc3Cl)s2)SC1=S)Nc1ccc(C(=O)O)cc1. The number of aromatic nitrogens is 1. The molecule has 38 heavy (non-hydrogen) atoms. The molecule has 1 saturated heterocycles. The van der Waals surface area contributed by atoms with Crippen LogP contribution < -0.4 is 5.32 Å². The van der Waals surface area contributed by atoms with E-state index in [0.717, 1.165) is 41.3 Å². The molecule has 7 nitrogen and oxygen atoms in total. The number of carbonyl (C=O) groups excluding carboxylic acids is 2. The van der Waals surface area contributed by atoms with E-state index in [1.165, 1.54) is 41.4 Å². The normalized spacial score (nSPS) is 14.8. The van der Waals surface area contributed by atoms with Gasteiger partial charge in [0.1, 0.15) is 9.33 Å². The van der Waals surface area contributed by atoms with E-state index in [2.05, 4.69) is 10.3 Å². The molecule has 0 radical (unpaired) electrons. The van der Waals surface area contributed by atoms with Crippen LogP contribution in [0.2, 0.25) is 5.02 Å². The van der Waals surface area contributed by atoms with Crippen LogP contribution in [0.5, 0.6) is 0 Å². The minimum absolute atomic E-state index is 0.0227. The highest BCUT2D eigenvalue weighted by Crippen LogP contribution is 2.39. The number of thiazole rings is 1. The number of anilines is 1. The topological polar surface area (TPSA) is 99.6 Å². The van der Waals surface area contributed by atoms with Crippen molar-refractivity contribution in [1.29, 1.82) is 0 Å². The van der Waals surface area contributed by atoms with Crippen molar-refractivity contribution in [2.24, 2.45) is 0 Å². The molecule has 3 aromatic rings. The Balaban J connectivity index is 1.41. The number of carbonyl (C=O) groups is 3. The lowest BCUT2D eigenvalue weighted by molar-refractivity contribution is -0.137. The second-order valence-corrected chi connectivity index (χ2v) is 10.9. The number of amides is 2. The van der Waals surface area contributed by atoms with Crippen molar-refractivity contribution in [2.45, 2.75) is 12.6 Å². The Morgan fingerprint density at radius 2 is 1.89 bits per heavy atom. The molecule has 0 spiro atoms. The number of thioether (sulfide) groups is 1. The molecule has 1 aliphatic rings. The van der Waals surface area contributed by atoms with E-state index in [1.54, 1.807) is 0 Å². The van der Waals surface area contributed by atoms with E-state index in [0.29, 0.717) is 10.6 Å².